The SMILES string of the molecule is CO[C@@H]1CN[C@H](C(=O)NCCc2ccc(F)cc2Cl)C1.Cl. The third kappa shape index (κ3) is 5.11. The van der Waals surface area contributed by atoms with Gasteiger partial charge in [-0.05, 0) is 30.5 Å². The lowest BCUT2D eigenvalue weighted by Gasteiger charge is -2.11. The number of benzene rings is 1. The average molecular weight is 337 g/mol. The first-order valence-corrected chi connectivity index (χ1v) is 6.95. The van der Waals surface area contributed by atoms with Crippen LogP contribution in [0.5, 0.6) is 0 Å². The minimum atomic E-state index is -0.358. The van der Waals surface area contributed by atoms with Crippen LogP contribution >= 0.6 is 24.0 Å². The summed E-state index contributed by atoms with van der Waals surface area (Å²) in [4.78, 5) is 11.9. The number of halogens is 3. The first kappa shape index (κ1) is 18.2. The number of carbonyl (C=O) groups excluding carboxylic acids is 1. The largest absolute Gasteiger partial charge is 0.380 e. The number of rotatable bonds is 5. The van der Waals surface area contributed by atoms with Gasteiger partial charge < -0.3 is 15.4 Å². The number of carbonyl (C=O) groups is 1. The smallest absolute Gasteiger partial charge is 0.237 e. The lowest BCUT2D eigenvalue weighted by molar-refractivity contribution is -0.122. The fraction of sp³-hybridized carbons (Fsp3) is 0.500. The van der Waals surface area contributed by atoms with E-state index in [2.05, 4.69) is 10.6 Å². The third-order valence-corrected chi connectivity index (χ3v) is 3.80. The van der Waals surface area contributed by atoms with E-state index < -0.39 is 0 Å². The van der Waals surface area contributed by atoms with Crippen molar-refractivity contribution < 1.29 is 13.9 Å². The van der Waals surface area contributed by atoms with Crippen molar-refractivity contribution in [2.75, 3.05) is 20.2 Å². The van der Waals surface area contributed by atoms with Crippen molar-refractivity contribution in [1.29, 1.82) is 0 Å². The van der Waals surface area contributed by atoms with Gasteiger partial charge in [0.15, 0.2) is 0 Å². The molecule has 1 aromatic carbocycles. The van der Waals surface area contributed by atoms with Crippen molar-refractivity contribution in [3.8, 4) is 0 Å². The van der Waals surface area contributed by atoms with Gasteiger partial charge in [0.2, 0.25) is 5.91 Å². The topological polar surface area (TPSA) is 50.4 Å². The molecule has 4 nitrogen and oxygen atoms in total. The summed E-state index contributed by atoms with van der Waals surface area (Å²) in [5.74, 6) is -0.397. The molecule has 2 rings (SSSR count). The highest BCUT2D eigenvalue weighted by Crippen LogP contribution is 2.17. The second kappa shape index (κ2) is 8.54. The number of nitrogens with one attached hydrogen (secondary N) is 2. The number of ether oxygens (including phenoxy) is 1. The van der Waals surface area contributed by atoms with Gasteiger partial charge >= 0.3 is 0 Å². The summed E-state index contributed by atoms with van der Waals surface area (Å²) in [5, 5.41) is 6.35. The van der Waals surface area contributed by atoms with E-state index in [-0.39, 0.29) is 36.3 Å². The molecule has 2 N–H and O–H groups in total. The fourth-order valence-corrected chi connectivity index (χ4v) is 2.51. The Kier molecular flexibility index (Phi) is 7.39. The van der Waals surface area contributed by atoms with Gasteiger partial charge in [0.05, 0.1) is 12.1 Å². The first-order chi connectivity index (χ1) is 9.60. The average Bonchev–Trinajstić information content (AvgIpc) is 2.90. The van der Waals surface area contributed by atoms with Crippen molar-refractivity contribution in [1.82, 2.24) is 10.6 Å². The van der Waals surface area contributed by atoms with Gasteiger partial charge in [-0.3, -0.25) is 4.79 Å². The molecule has 118 valence electrons. The van der Waals surface area contributed by atoms with Gasteiger partial charge in [-0.2, -0.15) is 0 Å². The fourth-order valence-electron chi connectivity index (χ4n) is 2.25. The predicted octanol–water partition coefficient (Wildman–Crippen LogP) is 1.94. The van der Waals surface area contributed by atoms with Crippen molar-refractivity contribution in [2.45, 2.75) is 25.0 Å². The van der Waals surface area contributed by atoms with E-state index in [4.69, 9.17) is 16.3 Å². The van der Waals surface area contributed by atoms with Gasteiger partial charge in [-0.15, -0.1) is 12.4 Å². The Morgan fingerprint density at radius 1 is 1.57 bits per heavy atom. The molecule has 2 atom stereocenters. The number of methoxy groups -OCH3 is 1. The molecule has 1 aromatic rings. The zero-order valence-electron chi connectivity index (χ0n) is 11.7. The van der Waals surface area contributed by atoms with Crippen LogP contribution in [-0.2, 0) is 16.0 Å². The quantitative estimate of drug-likeness (QED) is 0.863. The molecule has 7 heteroatoms. The molecular formula is C14H19Cl2FN2O2. The standard InChI is InChI=1S/C14H18ClFN2O2.ClH/c1-20-11-7-13(18-8-11)14(19)17-5-4-9-2-3-10(16)6-12(9)15;/h2-3,6,11,13,18H,4-5,7-8H2,1H3,(H,17,19);1H/t11-,13-;/m0./s1. The van der Waals surface area contributed by atoms with E-state index in [9.17, 15) is 9.18 Å². The predicted molar refractivity (Wildman–Crippen MR) is 82.6 cm³/mol. The van der Waals surface area contributed by atoms with E-state index in [1.165, 1.54) is 12.1 Å². The molecule has 0 unspecified atom stereocenters. The first-order valence-electron chi connectivity index (χ1n) is 6.58. The molecule has 0 radical (unpaired) electrons. The summed E-state index contributed by atoms with van der Waals surface area (Å²) in [6.45, 7) is 1.17. The number of amides is 1. The minimum Gasteiger partial charge on any atom is -0.380 e. The Hall–Kier alpha value is -0.880. The summed E-state index contributed by atoms with van der Waals surface area (Å²) in [7, 11) is 1.64. The van der Waals surface area contributed by atoms with Gasteiger partial charge in [-0.25, -0.2) is 4.39 Å². The highest BCUT2D eigenvalue weighted by atomic mass is 35.5. The molecule has 0 spiro atoms. The van der Waals surface area contributed by atoms with Crippen molar-refractivity contribution in [3.05, 3.63) is 34.6 Å². The maximum atomic E-state index is 12.9. The van der Waals surface area contributed by atoms with Crippen LogP contribution in [-0.4, -0.2) is 38.3 Å². The van der Waals surface area contributed by atoms with Crippen LogP contribution < -0.4 is 10.6 Å². The van der Waals surface area contributed by atoms with Crippen LogP contribution in [0.15, 0.2) is 18.2 Å². The lowest BCUT2D eigenvalue weighted by atomic mass is 10.1. The summed E-state index contributed by atoms with van der Waals surface area (Å²) >= 11 is 5.93. The van der Waals surface area contributed by atoms with Gasteiger partial charge in [0, 0.05) is 25.2 Å². The van der Waals surface area contributed by atoms with Gasteiger partial charge in [0.25, 0.3) is 0 Å². The van der Waals surface area contributed by atoms with E-state index in [1.54, 1.807) is 13.2 Å². The number of hydrogen-bond donors (Lipinski definition) is 2. The Labute approximate surface area is 134 Å². The number of hydrogen-bond acceptors (Lipinski definition) is 3. The maximum Gasteiger partial charge on any atom is 0.237 e. The summed E-state index contributed by atoms with van der Waals surface area (Å²) in [6.07, 6.45) is 1.35. The molecule has 21 heavy (non-hydrogen) atoms. The lowest BCUT2D eigenvalue weighted by Crippen LogP contribution is -2.41. The summed E-state index contributed by atoms with van der Waals surface area (Å²) in [6, 6.07) is 4.08. The molecule has 1 amide bonds. The molecule has 1 saturated heterocycles. The molecule has 0 saturated carbocycles. The molecular weight excluding hydrogens is 318 g/mol. The highest BCUT2D eigenvalue weighted by Gasteiger charge is 2.28. The zero-order valence-corrected chi connectivity index (χ0v) is 13.3. The van der Waals surface area contributed by atoms with E-state index in [0.29, 0.717) is 31.0 Å². The van der Waals surface area contributed by atoms with Crippen molar-refractivity contribution >= 4 is 29.9 Å². The van der Waals surface area contributed by atoms with Gasteiger partial charge in [-0.1, -0.05) is 17.7 Å². The monoisotopic (exact) mass is 336 g/mol. The van der Waals surface area contributed by atoms with E-state index >= 15 is 0 Å². The molecule has 1 fully saturated rings. The summed E-state index contributed by atoms with van der Waals surface area (Å²) < 4.78 is 18.1. The summed E-state index contributed by atoms with van der Waals surface area (Å²) in [5.41, 5.74) is 0.822. The van der Waals surface area contributed by atoms with Crippen LogP contribution in [0, 0.1) is 5.82 Å². The van der Waals surface area contributed by atoms with Crippen LogP contribution in [0.2, 0.25) is 5.02 Å². The maximum absolute atomic E-state index is 12.9. The molecule has 1 heterocycles. The van der Waals surface area contributed by atoms with Crippen LogP contribution in [0.3, 0.4) is 0 Å². The molecule has 1 aliphatic heterocycles. The van der Waals surface area contributed by atoms with E-state index in [1.807, 2.05) is 0 Å². The molecule has 0 aliphatic carbocycles. The molecule has 0 aromatic heterocycles. The molecule has 0 bridgehead atoms. The second-order valence-electron chi connectivity index (χ2n) is 4.83. The Balaban J connectivity index is 0.00000220. The van der Waals surface area contributed by atoms with Crippen molar-refractivity contribution in [3.63, 3.8) is 0 Å². The minimum absolute atomic E-state index is 0. The van der Waals surface area contributed by atoms with Crippen LogP contribution in [0.1, 0.15) is 12.0 Å². The van der Waals surface area contributed by atoms with E-state index in [0.717, 1.165) is 5.56 Å². The normalized spacial score (nSPS) is 20.9. The Morgan fingerprint density at radius 2 is 2.33 bits per heavy atom. The van der Waals surface area contributed by atoms with Gasteiger partial charge in [0.1, 0.15) is 5.82 Å². The van der Waals surface area contributed by atoms with Crippen LogP contribution in [0.25, 0.3) is 0 Å². The second-order valence-corrected chi connectivity index (χ2v) is 5.24. The third-order valence-electron chi connectivity index (χ3n) is 3.45. The Morgan fingerprint density at radius 3 is 2.95 bits per heavy atom. The Bertz CT molecular complexity index is 488. The molecule has 1 aliphatic rings. The van der Waals surface area contributed by atoms with Crippen molar-refractivity contribution in [2.24, 2.45) is 0 Å². The van der Waals surface area contributed by atoms with Crippen LogP contribution in [0.4, 0.5) is 4.39 Å². The zero-order chi connectivity index (χ0) is 14.5. The highest BCUT2D eigenvalue weighted by molar-refractivity contribution is 6.31.